The molecule has 12 rings (SSSR count). The van der Waals surface area contributed by atoms with Crippen LogP contribution in [0, 0.1) is 17.8 Å². The van der Waals surface area contributed by atoms with Crippen LogP contribution in [0.5, 0.6) is 0 Å². The van der Waals surface area contributed by atoms with E-state index in [2.05, 4.69) is 234 Å². The van der Waals surface area contributed by atoms with Crippen molar-refractivity contribution in [3.8, 4) is 22.3 Å². The summed E-state index contributed by atoms with van der Waals surface area (Å²) in [5, 5.41) is 0. The molecule has 6 atom stereocenters. The molecular weight excluding hydrogens is 761 g/mol. The summed E-state index contributed by atoms with van der Waals surface area (Å²) in [6.07, 6.45) is 37.0. The zero-order valence-electron chi connectivity index (χ0n) is 35.7. The van der Waals surface area contributed by atoms with E-state index in [1.54, 1.807) is 0 Å². The van der Waals surface area contributed by atoms with Gasteiger partial charge in [-0.05, 0) is 131 Å². The van der Waals surface area contributed by atoms with E-state index in [9.17, 15) is 0 Å². The molecule has 0 amide bonds. The Morgan fingerprint density at radius 3 is 2.16 bits per heavy atom. The molecule has 6 aromatic carbocycles. The molecule has 0 heterocycles. The quantitative estimate of drug-likeness (QED) is 0.141. The van der Waals surface area contributed by atoms with E-state index < -0.39 is 5.41 Å². The van der Waals surface area contributed by atoms with Crippen molar-refractivity contribution in [1.29, 1.82) is 0 Å². The van der Waals surface area contributed by atoms with Gasteiger partial charge in [-0.2, -0.15) is 0 Å². The summed E-state index contributed by atoms with van der Waals surface area (Å²) < 4.78 is 0. The van der Waals surface area contributed by atoms with Crippen LogP contribution in [0.1, 0.15) is 60.3 Å². The summed E-state index contributed by atoms with van der Waals surface area (Å²) in [5.41, 5.74) is 16.4. The van der Waals surface area contributed by atoms with E-state index >= 15 is 0 Å². The minimum Gasteiger partial charge on any atom is -0.335 e. The number of para-hydroxylation sites is 1. The summed E-state index contributed by atoms with van der Waals surface area (Å²) in [4.78, 5) is 5.15. The molecule has 0 aromatic heterocycles. The summed E-state index contributed by atoms with van der Waals surface area (Å²) >= 11 is 0. The fourth-order valence-electron chi connectivity index (χ4n) is 12.1. The van der Waals surface area contributed by atoms with Crippen LogP contribution in [-0.2, 0) is 5.41 Å². The van der Waals surface area contributed by atoms with Gasteiger partial charge in [0.2, 0.25) is 0 Å². The van der Waals surface area contributed by atoms with Gasteiger partial charge in [-0.15, -0.1) is 0 Å². The first-order chi connectivity index (χ1) is 31.3. The molecule has 6 unspecified atom stereocenters. The van der Waals surface area contributed by atoms with E-state index in [-0.39, 0.29) is 17.9 Å². The molecule has 0 N–H and O–H groups in total. The Morgan fingerprint density at radius 2 is 1.30 bits per heavy atom. The van der Waals surface area contributed by atoms with Crippen molar-refractivity contribution in [2.45, 2.75) is 49.5 Å². The van der Waals surface area contributed by atoms with Crippen LogP contribution in [0.15, 0.2) is 230 Å². The van der Waals surface area contributed by atoms with Gasteiger partial charge in [0.15, 0.2) is 0 Å². The first-order valence-corrected chi connectivity index (χ1v) is 23.2. The first kappa shape index (κ1) is 37.8. The molecule has 6 aromatic rings. The maximum absolute atomic E-state index is 2.66. The van der Waals surface area contributed by atoms with E-state index in [1.165, 1.54) is 80.8 Å². The van der Waals surface area contributed by atoms with Crippen molar-refractivity contribution in [2.24, 2.45) is 17.8 Å². The third-order valence-electron chi connectivity index (χ3n) is 14.8. The lowest BCUT2D eigenvalue weighted by atomic mass is 9.65. The highest BCUT2D eigenvalue weighted by Gasteiger charge is 2.58. The number of hydrogen-bond acceptors (Lipinski definition) is 2. The van der Waals surface area contributed by atoms with Crippen molar-refractivity contribution in [3.63, 3.8) is 0 Å². The fourth-order valence-corrected chi connectivity index (χ4v) is 12.1. The number of rotatable bonds is 8. The molecule has 2 heteroatoms. The predicted molar refractivity (Wildman–Crippen MR) is 264 cm³/mol. The average molecular weight is 813 g/mol. The second-order valence-electron chi connectivity index (χ2n) is 18.1. The second kappa shape index (κ2) is 15.8. The summed E-state index contributed by atoms with van der Waals surface area (Å²) in [6.45, 7) is 0. The Balaban J connectivity index is 1.07. The molecule has 1 spiro atoms. The van der Waals surface area contributed by atoms with Crippen molar-refractivity contribution in [3.05, 3.63) is 253 Å². The molecule has 0 saturated heterocycles. The number of hydrogen-bond donors (Lipinski definition) is 0. The molecule has 0 saturated carbocycles. The summed E-state index contributed by atoms with van der Waals surface area (Å²) in [5.74, 6) is 1.60. The highest BCUT2D eigenvalue weighted by molar-refractivity contribution is 5.97. The number of fused-ring (bicyclic) bond motifs is 10. The van der Waals surface area contributed by atoms with Crippen LogP contribution in [0.4, 0.5) is 22.7 Å². The van der Waals surface area contributed by atoms with E-state index in [4.69, 9.17) is 0 Å². The molecule has 0 bridgehead atoms. The Bertz CT molecular complexity index is 2920. The molecule has 0 aliphatic heterocycles. The minimum absolute atomic E-state index is 0.221. The zero-order chi connectivity index (χ0) is 41.7. The summed E-state index contributed by atoms with van der Waals surface area (Å²) in [6, 6.07) is 55.0. The monoisotopic (exact) mass is 812 g/mol. The standard InChI is InChI=1S/C61H52N2/c1-5-20-43(21-6-1)45-24-17-30-49(40-45)62(47-26-9-3-10-27-47)51-38-39-53-52-32-13-15-34-55(52)61(58(53)42-51)56-35-16-14-33-54(56)60-57(61)36-19-37-59(60)63(48-28-11-4-12-29-48)50-31-18-25-46(41-50)44-22-7-2-8-23-44/h2-5,7-20,22-23,25-26,28-43,45,47,52,55H,1,6,21,24,27H2. The topological polar surface area (TPSA) is 6.48 Å². The third-order valence-corrected chi connectivity index (χ3v) is 14.8. The molecule has 0 fully saturated rings. The van der Waals surface area contributed by atoms with Gasteiger partial charge < -0.3 is 9.80 Å². The molecule has 6 aliphatic rings. The second-order valence-corrected chi connectivity index (χ2v) is 18.1. The first-order valence-electron chi connectivity index (χ1n) is 23.2. The van der Waals surface area contributed by atoms with E-state index in [0.717, 1.165) is 24.2 Å². The highest BCUT2D eigenvalue weighted by atomic mass is 15.2. The number of benzene rings is 6. The van der Waals surface area contributed by atoms with Gasteiger partial charge in [-0.1, -0.05) is 176 Å². The lowest BCUT2D eigenvalue weighted by Gasteiger charge is -2.38. The van der Waals surface area contributed by atoms with Crippen molar-refractivity contribution in [2.75, 3.05) is 9.80 Å². The van der Waals surface area contributed by atoms with Crippen LogP contribution in [0.2, 0.25) is 0 Å². The van der Waals surface area contributed by atoms with Gasteiger partial charge in [0.1, 0.15) is 0 Å². The van der Waals surface area contributed by atoms with Gasteiger partial charge in [-0.3, -0.25) is 0 Å². The van der Waals surface area contributed by atoms with Crippen LogP contribution in [0.25, 0.3) is 22.3 Å². The zero-order valence-corrected chi connectivity index (χ0v) is 35.7. The number of anilines is 4. The average Bonchev–Trinajstić information content (AvgIpc) is 3.83. The number of nitrogens with zero attached hydrogens (tertiary/aromatic N) is 2. The van der Waals surface area contributed by atoms with Crippen LogP contribution in [0.3, 0.4) is 0 Å². The Hall–Kier alpha value is -6.90. The highest BCUT2D eigenvalue weighted by Crippen LogP contribution is 2.67. The lowest BCUT2D eigenvalue weighted by Crippen LogP contribution is -2.35. The number of allylic oxidation sites excluding steroid dienone is 11. The van der Waals surface area contributed by atoms with Gasteiger partial charge in [-0.25, -0.2) is 0 Å². The van der Waals surface area contributed by atoms with Gasteiger partial charge in [0, 0.05) is 40.2 Å². The molecule has 0 radical (unpaired) electrons. The molecular formula is C61H52N2. The lowest BCUT2D eigenvalue weighted by molar-refractivity contribution is 0.418. The summed E-state index contributed by atoms with van der Waals surface area (Å²) in [7, 11) is 0. The Kier molecular flexibility index (Phi) is 9.47. The SMILES string of the molecule is C1=CCC(N(C2=CC(C3C=CCCC3)CC=C2)c2ccc3c(c2)C2(c4ccccc4-c4c(N(c5ccccc5)c5cccc(-c6ccccc6)c5)cccc42)C2C=CC=CC32)C=C1. The molecule has 63 heavy (non-hydrogen) atoms. The Morgan fingerprint density at radius 1 is 0.524 bits per heavy atom. The molecule has 306 valence electrons. The maximum atomic E-state index is 2.66. The fraction of sp³-hybridized carbons (Fsp3) is 0.180. The molecule has 2 nitrogen and oxygen atoms in total. The normalized spacial score (nSPS) is 24.4. The smallest absolute Gasteiger partial charge is 0.0559 e. The van der Waals surface area contributed by atoms with Crippen molar-refractivity contribution in [1.82, 2.24) is 0 Å². The predicted octanol–water partition coefficient (Wildman–Crippen LogP) is 15.5. The third kappa shape index (κ3) is 6.22. The van der Waals surface area contributed by atoms with Gasteiger partial charge in [0.05, 0.1) is 17.1 Å². The molecule has 6 aliphatic carbocycles. The van der Waals surface area contributed by atoms with Crippen LogP contribution < -0.4 is 9.80 Å². The Labute approximate surface area is 372 Å². The van der Waals surface area contributed by atoms with Crippen molar-refractivity contribution < 1.29 is 0 Å². The van der Waals surface area contributed by atoms with E-state index in [1.807, 2.05) is 0 Å². The van der Waals surface area contributed by atoms with E-state index in [0.29, 0.717) is 11.8 Å². The maximum Gasteiger partial charge on any atom is 0.0559 e. The van der Waals surface area contributed by atoms with Crippen LogP contribution in [-0.4, -0.2) is 6.04 Å². The van der Waals surface area contributed by atoms with Gasteiger partial charge in [0.25, 0.3) is 0 Å². The van der Waals surface area contributed by atoms with Crippen molar-refractivity contribution >= 4 is 22.7 Å². The minimum atomic E-state index is -0.395. The van der Waals surface area contributed by atoms with Crippen LogP contribution >= 0.6 is 0 Å². The largest absolute Gasteiger partial charge is 0.335 e. The van der Waals surface area contributed by atoms with Gasteiger partial charge >= 0.3 is 0 Å².